The van der Waals surface area contributed by atoms with Crippen molar-refractivity contribution in [3.8, 4) is 0 Å². The van der Waals surface area contributed by atoms with Gasteiger partial charge in [-0.3, -0.25) is 0 Å². The fraction of sp³-hybridized carbons (Fsp3) is 1.00. The highest BCUT2D eigenvalue weighted by Gasteiger charge is 2.29. The van der Waals surface area contributed by atoms with Gasteiger partial charge in [0.1, 0.15) is 0 Å². The van der Waals surface area contributed by atoms with Crippen molar-refractivity contribution in [2.75, 3.05) is 25.6 Å². The molecule has 5 nitrogen and oxygen atoms in total. The summed E-state index contributed by atoms with van der Waals surface area (Å²) in [6.07, 6.45) is 7.12. The zero-order chi connectivity index (χ0) is 14.5. The number of hydrogen-bond acceptors (Lipinski definition) is 4. The van der Waals surface area contributed by atoms with Crippen LogP contribution in [0.25, 0.3) is 0 Å². The lowest BCUT2D eigenvalue weighted by Gasteiger charge is -2.31. The van der Waals surface area contributed by atoms with E-state index in [1.54, 1.807) is 14.0 Å². The summed E-state index contributed by atoms with van der Waals surface area (Å²) in [7, 11) is -1.87. The lowest BCUT2D eigenvalue weighted by molar-refractivity contribution is 0.0901. The van der Waals surface area contributed by atoms with Crippen LogP contribution in [0.4, 0.5) is 0 Å². The minimum atomic E-state index is -3.50. The summed E-state index contributed by atoms with van der Waals surface area (Å²) in [4.78, 5) is 0. The Kier molecular flexibility index (Phi) is 6.59. The molecule has 1 saturated carbocycles. The van der Waals surface area contributed by atoms with Gasteiger partial charge in [-0.25, -0.2) is 0 Å². The first-order valence-electron chi connectivity index (χ1n) is 6.72. The lowest BCUT2D eigenvalue weighted by Crippen LogP contribution is -2.49. The van der Waals surface area contributed by atoms with E-state index in [0.717, 1.165) is 25.7 Å². The van der Waals surface area contributed by atoms with Crippen molar-refractivity contribution in [2.24, 2.45) is 0 Å². The summed E-state index contributed by atoms with van der Waals surface area (Å²) in [6, 6.07) is 0.0942. The Labute approximate surface area is 121 Å². The smallest absolute Gasteiger partial charge is 0.279 e. The minimum absolute atomic E-state index is 0.0488. The molecule has 1 unspecified atom stereocenters. The van der Waals surface area contributed by atoms with E-state index in [1.807, 2.05) is 6.26 Å². The molecule has 0 radical (unpaired) electrons. The minimum Gasteiger partial charge on any atom is -0.388 e. The van der Waals surface area contributed by atoms with E-state index < -0.39 is 15.8 Å². The van der Waals surface area contributed by atoms with Gasteiger partial charge >= 0.3 is 0 Å². The second-order valence-corrected chi connectivity index (χ2v) is 8.24. The van der Waals surface area contributed by atoms with Crippen molar-refractivity contribution in [3.05, 3.63) is 0 Å². The van der Waals surface area contributed by atoms with Crippen LogP contribution in [0.2, 0.25) is 0 Å². The molecule has 0 heterocycles. The van der Waals surface area contributed by atoms with Gasteiger partial charge in [-0.2, -0.15) is 29.2 Å². The molecule has 0 amide bonds. The van der Waals surface area contributed by atoms with E-state index in [1.165, 1.54) is 22.5 Å². The first-order valence-corrected chi connectivity index (χ1v) is 9.56. The number of thioether (sulfide) groups is 1. The van der Waals surface area contributed by atoms with Crippen LogP contribution in [0.3, 0.4) is 0 Å². The SMILES string of the molecule is CSCC(C)(O)CNS(=O)(=O)N(C)C1CCCCC1. The number of nitrogens with one attached hydrogen (secondary N) is 1. The number of aliphatic hydroxyl groups is 1. The van der Waals surface area contributed by atoms with Gasteiger partial charge in [-0.05, 0) is 26.0 Å². The van der Waals surface area contributed by atoms with Gasteiger partial charge in [0.15, 0.2) is 0 Å². The Morgan fingerprint density at radius 2 is 1.95 bits per heavy atom. The fourth-order valence-corrected chi connectivity index (χ4v) is 4.38. The van der Waals surface area contributed by atoms with E-state index in [9.17, 15) is 13.5 Å². The average molecular weight is 310 g/mol. The summed E-state index contributed by atoms with van der Waals surface area (Å²) in [5, 5.41) is 10.0. The Morgan fingerprint density at radius 3 is 2.47 bits per heavy atom. The van der Waals surface area contributed by atoms with Crippen LogP contribution in [0.5, 0.6) is 0 Å². The molecule has 0 saturated heterocycles. The van der Waals surface area contributed by atoms with E-state index >= 15 is 0 Å². The van der Waals surface area contributed by atoms with Gasteiger partial charge in [0, 0.05) is 25.4 Å². The first kappa shape index (κ1) is 17.2. The van der Waals surface area contributed by atoms with Gasteiger partial charge in [0.2, 0.25) is 0 Å². The summed E-state index contributed by atoms with van der Waals surface area (Å²) >= 11 is 1.50. The molecule has 0 spiro atoms. The fourth-order valence-electron chi connectivity index (χ4n) is 2.35. The summed E-state index contributed by atoms with van der Waals surface area (Å²) in [5.74, 6) is 0.503. The molecular weight excluding hydrogens is 284 g/mol. The molecule has 0 aromatic heterocycles. The molecule has 0 bridgehead atoms. The molecule has 7 heteroatoms. The highest BCUT2D eigenvalue weighted by Crippen LogP contribution is 2.23. The molecule has 1 rings (SSSR count). The molecular formula is C12H26N2O3S2. The molecule has 19 heavy (non-hydrogen) atoms. The number of rotatable bonds is 7. The second-order valence-electron chi connectivity index (χ2n) is 5.56. The number of hydrogen-bond donors (Lipinski definition) is 2. The normalized spacial score (nSPS) is 21.5. The van der Waals surface area contributed by atoms with Gasteiger partial charge in [-0.1, -0.05) is 19.3 Å². The maximum absolute atomic E-state index is 12.2. The molecule has 114 valence electrons. The Morgan fingerprint density at radius 1 is 1.37 bits per heavy atom. The third kappa shape index (κ3) is 5.59. The quantitative estimate of drug-likeness (QED) is 0.741. The summed E-state index contributed by atoms with van der Waals surface area (Å²) in [5.41, 5.74) is -1.01. The molecule has 2 N–H and O–H groups in total. The van der Waals surface area contributed by atoms with Gasteiger partial charge < -0.3 is 5.11 Å². The molecule has 1 fully saturated rings. The van der Waals surface area contributed by atoms with Crippen molar-refractivity contribution in [3.63, 3.8) is 0 Å². The van der Waals surface area contributed by atoms with Crippen molar-refractivity contribution in [2.45, 2.75) is 50.7 Å². The summed E-state index contributed by atoms with van der Waals surface area (Å²) < 4.78 is 28.3. The largest absolute Gasteiger partial charge is 0.388 e. The van der Waals surface area contributed by atoms with Crippen LogP contribution in [-0.2, 0) is 10.2 Å². The highest BCUT2D eigenvalue weighted by molar-refractivity contribution is 7.98. The third-order valence-electron chi connectivity index (χ3n) is 3.56. The average Bonchev–Trinajstić information content (AvgIpc) is 2.37. The molecule has 0 aromatic carbocycles. The standard InChI is InChI=1S/C12H26N2O3S2/c1-12(15,10-18-3)9-13-19(16,17)14(2)11-7-5-4-6-8-11/h11,13,15H,4-10H2,1-3H3. The number of nitrogens with zero attached hydrogens (tertiary/aromatic N) is 1. The predicted octanol–water partition coefficient (Wildman–Crippen LogP) is 1.20. The van der Waals surface area contributed by atoms with Crippen LogP contribution in [0.1, 0.15) is 39.0 Å². The Bertz CT molecular complexity index is 365. The second kappa shape index (κ2) is 7.26. The predicted molar refractivity (Wildman–Crippen MR) is 80.6 cm³/mol. The molecule has 1 aliphatic rings. The van der Waals surface area contributed by atoms with E-state index in [-0.39, 0.29) is 12.6 Å². The lowest BCUT2D eigenvalue weighted by atomic mass is 9.96. The molecule has 1 atom stereocenters. The maximum atomic E-state index is 12.2. The van der Waals surface area contributed by atoms with E-state index in [2.05, 4.69) is 4.72 Å². The third-order valence-corrected chi connectivity index (χ3v) is 6.03. The van der Waals surface area contributed by atoms with Crippen LogP contribution < -0.4 is 4.72 Å². The first-order chi connectivity index (χ1) is 8.78. The van der Waals surface area contributed by atoms with Crippen LogP contribution in [0.15, 0.2) is 0 Å². The maximum Gasteiger partial charge on any atom is 0.279 e. The zero-order valence-corrected chi connectivity index (χ0v) is 13.7. The van der Waals surface area contributed by atoms with Gasteiger partial charge in [-0.15, -0.1) is 0 Å². The van der Waals surface area contributed by atoms with Crippen molar-refractivity contribution in [1.29, 1.82) is 0 Å². The van der Waals surface area contributed by atoms with E-state index in [0.29, 0.717) is 5.75 Å². The van der Waals surface area contributed by atoms with E-state index in [4.69, 9.17) is 0 Å². The molecule has 0 aliphatic heterocycles. The zero-order valence-electron chi connectivity index (χ0n) is 12.1. The van der Waals surface area contributed by atoms with Gasteiger partial charge in [0.05, 0.1) is 5.60 Å². The monoisotopic (exact) mass is 310 g/mol. The Balaban J connectivity index is 2.54. The Hall–Kier alpha value is 0.180. The van der Waals surface area contributed by atoms with Gasteiger partial charge in [0.25, 0.3) is 10.2 Å². The van der Waals surface area contributed by atoms with Crippen LogP contribution in [-0.4, -0.2) is 55.1 Å². The summed E-state index contributed by atoms with van der Waals surface area (Å²) in [6.45, 7) is 1.69. The van der Waals surface area contributed by atoms with Crippen molar-refractivity contribution in [1.82, 2.24) is 9.03 Å². The van der Waals surface area contributed by atoms with Crippen LogP contribution >= 0.6 is 11.8 Å². The molecule has 0 aromatic rings. The van der Waals surface area contributed by atoms with Crippen molar-refractivity contribution < 1.29 is 13.5 Å². The highest BCUT2D eigenvalue weighted by atomic mass is 32.2. The topological polar surface area (TPSA) is 69.6 Å². The van der Waals surface area contributed by atoms with Crippen LogP contribution in [0, 0.1) is 0 Å². The van der Waals surface area contributed by atoms with Crippen molar-refractivity contribution >= 4 is 22.0 Å². The molecule has 1 aliphatic carbocycles.